The Bertz CT molecular complexity index is 695. The Morgan fingerprint density at radius 1 is 1.35 bits per heavy atom. The van der Waals surface area contributed by atoms with Crippen LogP contribution < -0.4 is 14.8 Å². The summed E-state index contributed by atoms with van der Waals surface area (Å²) in [4.78, 5) is 0. The van der Waals surface area contributed by atoms with Crippen molar-refractivity contribution >= 4 is 21.4 Å². The van der Waals surface area contributed by atoms with Crippen LogP contribution in [0.3, 0.4) is 0 Å². The molecule has 0 aliphatic heterocycles. The highest BCUT2D eigenvalue weighted by Gasteiger charge is 2.08. The first-order chi connectivity index (χ1) is 9.39. The number of benzene rings is 1. The van der Waals surface area contributed by atoms with Crippen molar-refractivity contribution < 1.29 is 13.2 Å². The summed E-state index contributed by atoms with van der Waals surface area (Å²) in [7, 11) is -2.00. The van der Waals surface area contributed by atoms with E-state index in [1.807, 2.05) is 0 Å². The quantitative estimate of drug-likeness (QED) is 0.793. The van der Waals surface area contributed by atoms with Gasteiger partial charge < -0.3 is 10.1 Å². The minimum Gasteiger partial charge on any atom is -0.494 e. The molecule has 0 saturated carbocycles. The second-order valence-electron chi connectivity index (χ2n) is 3.72. The maximum atomic E-state index is 11.2. The molecule has 0 bridgehead atoms. The minimum atomic E-state index is -3.40. The van der Waals surface area contributed by atoms with Crippen LogP contribution in [0.15, 0.2) is 30.0 Å². The van der Waals surface area contributed by atoms with Gasteiger partial charge in [-0.1, -0.05) is 0 Å². The van der Waals surface area contributed by atoms with Crippen LogP contribution in [-0.2, 0) is 10.0 Å². The minimum absolute atomic E-state index is 0.0812. The molecular formula is C12H12N4O3S. The lowest BCUT2D eigenvalue weighted by molar-refractivity contribution is 0.417. The summed E-state index contributed by atoms with van der Waals surface area (Å²) in [6, 6.07) is 8.04. The van der Waals surface area contributed by atoms with Crippen LogP contribution in [0.5, 0.6) is 5.75 Å². The molecule has 0 amide bonds. The smallest absolute Gasteiger partial charge is 0.229 e. The summed E-state index contributed by atoms with van der Waals surface area (Å²) in [5.74, 6) is 0.310. The van der Waals surface area contributed by atoms with Crippen molar-refractivity contribution in [2.45, 2.75) is 0 Å². The maximum absolute atomic E-state index is 11.2. The van der Waals surface area contributed by atoms with Gasteiger partial charge in [0.25, 0.3) is 0 Å². The number of sulfonamides is 1. The number of hydrogen-bond donors (Lipinski definition) is 2. The van der Waals surface area contributed by atoms with Crippen LogP contribution in [0, 0.1) is 22.7 Å². The predicted molar refractivity (Wildman–Crippen MR) is 74.4 cm³/mol. The van der Waals surface area contributed by atoms with Gasteiger partial charge in [-0.15, -0.1) is 0 Å². The van der Waals surface area contributed by atoms with E-state index in [1.165, 1.54) is 25.4 Å². The molecule has 8 heteroatoms. The number of rotatable bonds is 5. The Kier molecular flexibility index (Phi) is 4.95. The van der Waals surface area contributed by atoms with E-state index < -0.39 is 10.0 Å². The molecule has 0 saturated heterocycles. The molecule has 2 N–H and O–H groups in total. The lowest BCUT2D eigenvalue weighted by atomic mass is 10.2. The van der Waals surface area contributed by atoms with Gasteiger partial charge in [0, 0.05) is 18.0 Å². The molecule has 7 nitrogen and oxygen atoms in total. The highest BCUT2D eigenvalue weighted by molar-refractivity contribution is 7.92. The number of nitrogens with one attached hydrogen (secondary N) is 2. The molecule has 0 aliphatic carbocycles. The molecule has 0 unspecified atom stereocenters. The molecule has 1 aromatic rings. The van der Waals surface area contributed by atoms with E-state index in [2.05, 4.69) is 10.0 Å². The van der Waals surface area contributed by atoms with Crippen LogP contribution in [0.4, 0.5) is 11.4 Å². The summed E-state index contributed by atoms with van der Waals surface area (Å²) in [5.41, 5.74) is 0.761. The summed E-state index contributed by atoms with van der Waals surface area (Å²) >= 11 is 0. The standard InChI is InChI=1S/C12H12N4O3S/c1-19-12-5-10(15-8-9(6-13)7-14)3-4-11(12)16-20(2,17)18/h3-5,8,15-16H,1-2H3. The fourth-order valence-corrected chi connectivity index (χ4v) is 1.88. The van der Waals surface area contributed by atoms with Gasteiger partial charge in [0.2, 0.25) is 10.0 Å². The molecular weight excluding hydrogens is 280 g/mol. The van der Waals surface area contributed by atoms with Crippen molar-refractivity contribution in [3.05, 3.63) is 30.0 Å². The summed E-state index contributed by atoms with van der Waals surface area (Å²) in [5, 5.41) is 19.9. The van der Waals surface area contributed by atoms with Crippen molar-refractivity contribution in [1.29, 1.82) is 10.5 Å². The van der Waals surface area contributed by atoms with Crippen LogP contribution in [0.25, 0.3) is 0 Å². The first-order valence-corrected chi connectivity index (χ1v) is 7.21. The highest BCUT2D eigenvalue weighted by Crippen LogP contribution is 2.28. The number of allylic oxidation sites excluding steroid dienone is 1. The van der Waals surface area contributed by atoms with Crippen molar-refractivity contribution in [2.75, 3.05) is 23.4 Å². The van der Waals surface area contributed by atoms with Gasteiger partial charge in [0.1, 0.15) is 23.5 Å². The molecule has 0 fully saturated rings. The van der Waals surface area contributed by atoms with E-state index in [4.69, 9.17) is 15.3 Å². The van der Waals surface area contributed by atoms with E-state index in [-0.39, 0.29) is 5.57 Å². The van der Waals surface area contributed by atoms with E-state index in [1.54, 1.807) is 18.2 Å². The molecule has 20 heavy (non-hydrogen) atoms. The zero-order valence-corrected chi connectivity index (χ0v) is 11.7. The zero-order valence-electron chi connectivity index (χ0n) is 10.8. The zero-order chi connectivity index (χ0) is 15.2. The molecule has 0 aliphatic rings. The van der Waals surface area contributed by atoms with Gasteiger partial charge in [0.05, 0.1) is 19.1 Å². The number of methoxy groups -OCH3 is 1. The van der Waals surface area contributed by atoms with E-state index in [0.717, 1.165) is 6.26 Å². The van der Waals surface area contributed by atoms with Crippen molar-refractivity contribution in [3.63, 3.8) is 0 Å². The number of nitrogens with zero attached hydrogens (tertiary/aromatic N) is 2. The van der Waals surface area contributed by atoms with Crippen LogP contribution in [0.2, 0.25) is 0 Å². The van der Waals surface area contributed by atoms with Crippen molar-refractivity contribution in [1.82, 2.24) is 0 Å². The van der Waals surface area contributed by atoms with Gasteiger partial charge in [-0.2, -0.15) is 10.5 Å². The third-order valence-corrected chi connectivity index (χ3v) is 2.71. The summed E-state index contributed by atoms with van der Waals surface area (Å²) in [6.07, 6.45) is 2.28. The van der Waals surface area contributed by atoms with Crippen molar-refractivity contribution in [2.24, 2.45) is 0 Å². The maximum Gasteiger partial charge on any atom is 0.229 e. The Balaban J connectivity index is 3.03. The Morgan fingerprint density at radius 2 is 2.00 bits per heavy atom. The normalized spacial score (nSPS) is 9.80. The number of hydrogen-bond acceptors (Lipinski definition) is 6. The second-order valence-corrected chi connectivity index (χ2v) is 5.46. The van der Waals surface area contributed by atoms with Gasteiger partial charge in [-0.25, -0.2) is 8.42 Å². The monoisotopic (exact) mass is 292 g/mol. The third kappa shape index (κ3) is 4.52. The first-order valence-electron chi connectivity index (χ1n) is 5.32. The van der Waals surface area contributed by atoms with E-state index in [0.29, 0.717) is 17.1 Å². The average Bonchev–Trinajstić information content (AvgIpc) is 2.39. The molecule has 0 heterocycles. The number of nitriles is 2. The number of anilines is 2. The number of ether oxygens (including phenoxy) is 1. The lowest BCUT2D eigenvalue weighted by Gasteiger charge is -2.11. The van der Waals surface area contributed by atoms with Gasteiger partial charge >= 0.3 is 0 Å². The SMILES string of the molecule is COc1cc(NC=C(C#N)C#N)ccc1NS(C)(=O)=O. The van der Waals surface area contributed by atoms with E-state index >= 15 is 0 Å². The second kappa shape index (κ2) is 6.45. The molecule has 0 atom stereocenters. The Labute approximate surface area is 117 Å². The van der Waals surface area contributed by atoms with Gasteiger partial charge in [0.15, 0.2) is 0 Å². The first kappa shape index (κ1) is 15.3. The Hall–Kier alpha value is -2.71. The fourth-order valence-electron chi connectivity index (χ4n) is 1.31. The molecule has 1 aromatic carbocycles. The average molecular weight is 292 g/mol. The molecule has 1 rings (SSSR count). The third-order valence-electron chi connectivity index (χ3n) is 2.12. The fraction of sp³-hybridized carbons (Fsp3) is 0.167. The molecule has 104 valence electrons. The Morgan fingerprint density at radius 3 is 2.50 bits per heavy atom. The lowest BCUT2D eigenvalue weighted by Crippen LogP contribution is -2.10. The molecule has 0 spiro atoms. The largest absolute Gasteiger partial charge is 0.494 e. The predicted octanol–water partition coefficient (Wildman–Crippen LogP) is 1.41. The molecule has 0 aromatic heterocycles. The summed E-state index contributed by atoms with van der Waals surface area (Å²) in [6.45, 7) is 0. The topological polar surface area (TPSA) is 115 Å². The summed E-state index contributed by atoms with van der Waals surface area (Å²) < 4.78 is 29.8. The van der Waals surface area contributed by atoms with Crippen LogP contribution in [0.1, 0.15) is 0 Å². The highest BCUT2D eigenvalue weighted by atomic mass is 32.2. The van der Waals surface area contributed by atoms with Gasteiger partial charge in [-0.05, 0) is 12.1 Å². The van der Waals surface area contributed by atoms with E-state index in [9.17, 15) is 8.42 Å². The van der Waals surface area contributed by atoms with Crippen LogP contribution >= 0.6 is 0 Å². The van der Waals surface area contributed by atoms with Crippen LogP contribution in [-0.4, -0.2) is 21.8 Å². The van der Waals surface area contributed by atoms with Gasteiger partial charge in [-0.3, -0.25) is 4.72 Å². The molecule has 0 radical (unpaired) electrons. The van der Waals surface area contributed by atoms with Crippen molar-refractivity contribution in [3.8, 4) is 17.9 Å².